The summed E-state index contributed by atoms with van der Waals surface area (Å²) in [5.41, 5.74) is 6.09. The summed E-state index contributed by atoms with van der Waals surface area (Å²) >= 11 is 0. The summed E-state index contributed by atoms with van der Waals surface area (Å²) in [6.07, 6.45) is -0.590. The third-order valence-electron chi connectivity index (χ3n) is 1.66. The summed E-state index contributed by atoms with van der Waals surface area (Å²) in [5.74, 6) is 1.56. The number of aliphatic hydroxyl groups excluding tert-OH is 1. The van der Waals surface area contributed by atoms with Crippen molar-refractivity contribution in [3.8, 4) is 0 Å². The minimum absolute atomic E-state index is 0.236. The minimum Gasteiger partial charge on any atom is -0.466 e. The van der Waals surface area contributed by atoms with E-state index in [0.29, 0.717) is 0 Å². The van der Waals surface area contributed by atoms with Crippen molar-refractivity contribution in [3.05, 3.63) is 23.2 Å². The van der Waals surface area contributed by atoms with Crippen LogP contribution >= 0.6 is 0 Å². The SMILES string of the molecule is Cc1cc(C(O)CN)c(C)o1. The first-order valence-electron chi connectivity index (χ1n) is 3.60. The van der Waals surface area contributed by atoms with Gasteiger partial charge in [0.05, 0.1) is 6.10 Å². The smallest absolute Gasteiger partial charge is 0.106 e. The van der Waals surface area contributed by atoms with Crippen LogP contribution < -0.4 is 5.73 Å². The van der Waals surface area contributed by atoms with Gasteiger partial charge in [0.15, 0.2) is 0 Å². The lowest BCUT2D eigenvalue weighted by molar-refractivity contribution is 0.184. The number of furan rings is 1. The van der Waals surface area contributed by atoms with Crippen molar-refractivity contribution in [3.63, 3.8) is 0 Å². The van der Waals surface area contributed by atoms with Gasteiger partial charge >= 0.3 is 0 Å². The maximum Gasteiger partial charge on any atom is 0.106 e. The highest BCUT2D eigenvalue weighted by Crippen LogP contribution is 2.20. The predicted octanol–water partition coefficient (Wildman–Crippen LogP) is 0.889. The predicted molar refractivity (Wildman–Crippen MR) is 42.2 cm³/mol. The van der Waals surface area contributed by atoms with Gasteiger partial charge in [0.2, 0.25) is 0 Å². The molecule has 1 heterocycles. The number of rotatable bonds is 2. The van der Waals surface area contributed by atoms with E-state index in [0.717, 1.165) is 17.1 Å². The van der Waals surface area contributed by atoms with Gasteiger partial charge in [-0.15, -0.1) is 0 Å². The van der Waals surface area contributed by atoms with Crippen LogP contribution in [-0.2, 0) is 0 Å². The van der Waals surface area contributed by atoms with Crippen LogP contribution in [0.3, 0.4) is 0 Å². The van der Waals surface area contributed by atoms with Gasteiger partial charge in [-0.2, -0.15) is 0 Å². The maximum absolute atomic E-state index is 9.34. The molecule has 1 aromatic rings. The molecule has 0 aliphatic carbocycles. The van der Waals surface area contributed by atoms with Gasteiger partial charge in [-0.1, -0.05) is 0 Å². The highest BCUT2D eigenvalue weighted by atomic mass is 16.3. The van der Waals surface area contributed by atoms with Crippen LogP contribution in [0, 0.1) is 13.8 Å². The molecule has 0 saturated heterocycles. The molecule has 1 atom stereocenters. The summed E-state index contributed by atoms with van der Waals surface area (Å²) < 4.78 is 5.22. The van der Waals surface area contributed by atoms with Gasteiger partial charge in [-0.25, -0.2) is 0 Å². The van der Waals surface area contributed by atoms with E-state index >= 15 is 0 Å². The van der Waals surface area contributed by atoms with Crippen molar-refractivity contribution >= 4 is 0 Å². The molecule has 0 radical (unpaired) electrons. The number of hydrogen-bond donors (Lipinski definition) is 2. The van der Waals surface area contributed by atoms with Gasteiger partial charge in [0.25, 0.3) is 0 Å². The second-order valence-corrected chi connectivity index (χ2v) is 2.62. The van der Waals surface area contributed by atoms with E-state index in [9.17, 15) is 5.11 Å². The van der Waals surface area contributed by atoms with Crippen molar-refractivity contribution in [2.75, 3.05) is 6.54 Å². The Morgan fingerprint density at radius 1 is 1.64 bits per heavy atom. The Hall–Kier alpha value is -0.800. The van der Waals surface area contributed by atoms with E-state index in [2.05, 4.69) is 0 Å². The largest absolute Gasteiger partial charge is 0.466 e. The highest BCUT2D eigenvalue weighted by molar-refractivity contribution is 5.22. The summed E-state index contributed by atoms with van der Waals surface area (Å²) in [6.45, 7) is 3.90. The molecule has 0 bridgehead atoms. The molecule has 0 aliphatic heterocycles. The van der Waals surface area contributed by atoms with Gasteiger partial charge < -0.3 is 15.3 Å². The van der Waals surface area contributed by atoms with Crippen LogP contribution in [-0.4, -0.2) is 11.7 Å². The standard InChI is InChI=1S/C8H13NO2/c1-5-3-7(6(2)11-5)8(10)4-9/h3,8,10H,4,9H2,1-2H3. The van der Waals surface area contributed by atoms with Gasteiger partial charge in [0.1, 0.15) is 11.5 Å². The minimum atomic E-state index is -0.590. The summed E-state index contributed by atoms with van der Waals surface area (Å²) in [7, 11) is 0. The molecular formula is C8H13NO2. The second kappa shape index (κ2) is 3.07. The Morgan fingerprint density at radius 2 is 2.27 bits per heavy atom. The topological polar surface area (TPSA) is 59.4 Å². The fourth-order valence-electron chi connectivity index (χ4n) is 1.11. The van der Waals surface area contributed by atoms with Crippen LogP contribution in [0.15, 0.2) is 10.5 Å². The van der Waals surface area contributed by atoms with Crippen LogP contribution in [0.25, 0.3) is 0 Å². The Morgan fingerprint density at radius 3 is 2.64 bits per heavy atom. The van der Waals surface area contributed by atoms with Crippen molar-refractivity contribution in [2.24, 2.45) is 5.73 Å². The first-order chi connectivity index (χ1) is 5.15. The fourth-order valence-corrected chi connectivity index (χ4v) is 1.11. The summed E-state index contributed by atoms with van der Waals surface area (Å²) in [5, 5.41) is 9.34. The maximum atomic E-state index is 9.34. The van der Waals surface area contributed by atoms with Crippen LogP contribution in [0.2, 0.25) is 0 Å². The average Bonchev–Trinajstić information content (AvgIpc) is 2.28. The zero-order valence-corrected chi connectivity index (χ0v) is 6.79. The molecule has 62 valence electrons. The monoisotopic (exact) mass is 155 g/mol. The van der Waals surface area contributed by atoms with Crippen molar-refractivity contribution < 1.29 is 9.52 Å². The van der Waals surface area contributed by atoms with E-state index < -0.39 is 6.10 Å². The Balaban J connectivity index is 2.93. The number of nitrogens with two attached hydrogens (primary N) is 1. The molecule has 3 nitrogen and oxygen atoms in total. The Bertz CT molecular complexity index is 242. The zero-order chi connectivity index (χ0) is 8.43. The molecule has 1 unspecified atom stereocenters. The first-order valence-corrected chi connectivity index (χ1v) is 3.60. The lowest BCUT2D eigenvalue weighted by atomic mass is 10.1. The molecule has 0 fully saturated rings. The number of hydrogen-bond acceptors (Lipinski definition) is 3. The van der Waals surface area contributed by atoms with Gasteiger partial charge in [-0.3, -0.25) is 0 Å². The molecule has 1 rings (SSSR count). The third-order valence-corrected chi connectivity index (χ3v) is 1.66. The highest BCUT2D eigenvalue weighted by Gasteiger charge is 2.11. The fraction of sp³-hybridized carbons (Fsp3) is 0.500. The zero-order valence-electron chi connectivity index (χ0n) is 6.79. The molecule has 0 aliphatic rings. The van der Waals surface area contributed by atoms with E-state index in [1.807, 2.05) is 19.9 Å². The quantitative estimate of drug-likeness (QED) is 0.666. The lowest BCUT2D eigenvalue weighted by Gasteiger charge is -2.03. The van der Waals surface area contributed by atoms with Crippen molar-refractivity contribution in [2.45, 2.75) is 20.0 Å². The molecule has 3 heteroatoms. The Kier molecular flexibility index (Phi) is 2.31. The number of aliphatic hydroxyl groups is 1. The average molecular weight is 155 g/mol. The van der Waals surface area contributed by atoms with Crippen LogP contribution in [0.4, 0.5) is 0 Å². The Labute approximate surface area is 65.8 Å². The first kappa shape index (κ1) is 8.30. The molecule has 3 N–H and O–H groups in total. The van der Waals surface area contributed by atoms with Gasteiger partial charge in [-0.05, 0) is 19.9 Å². The molecule has 1 aromatic heterocycles. The van der Waals surface area contributed by atoms with E-state index in [1.165, 1.54) is 0 Å². The molecule has 11 heavy (non-hydrogen) atoms. The van der Waals surface area contributed by atoms with E-state index in [4.69, 9.17) is 10.2 Å². The van der Waals surface area contributed by atoms with Crippen molar-refractivity contribution in [1.82, 2.24) is 0 Å². The van der Waals surface area contributed by atoms with E-state index in [-0.39, 0.29) is 6.54 Å². The molecule has 0 spiro atoms. The van der Waals surface area contributed by atoms with E-state index in [1.54, 1.807) is 0 Å². The molecule has 0 amide bonds. The summed E-state index contributed by atoms with van der Waals surface area (Å²) in [6, 6.07) is 1.81. The molecular weight excluding hydrogens is 142 g/mol. The normalized spacial score (nSPS) is 13.5. The molecule has 0 aromatic carbocycles. The molecule has 0 saturated carbocycles. The van der Waals surface area contributed by atoms with Crippen molar-refractivity contribution in [1.29, 1.82) is 0 Å². The third kappa shape index (κ3) is 1.61. The lowest BCUT2D eigenvalue weighted by Crippen LogP contribution is -2.11. The van der Waals surface area contributed by atoms with Crippen LogP contribution in [0.1, 0.15) is 23.2 Å². The number of aryl methyl sites for hydroxylation is 2. The van der Waals surface area contributed by atoms with Gasteiger partial charge in [0, 0.05) is 12.1 Å². The van der Waals surface area contributed by atoms with Crippen LogP contribution in [0.5, 0.6) is 0 Å². The summed E-state index contributed by atoms with van der Waals surface area (Å²) in [4.78, 5) is 0. The second-order valence-electron chi connectivity index (χ2n) is 2.62.